The molecule has 0 saturated heterocycles. The van der Waals surface area contributed by atoms with Crippen LogP contribution in [0, 0.1) is 0 Å². The number of furan rings is 1. The molecule has 0 radical (unpaired) electrons. The monoisotopic (exact) mass is 430 g/mol. The number of aryl methyl sites for hydroxylation is 1. The van der Waals surface area contributed by atoms with Gasteiger partial charge in [0, 0.05) is 41.5 Å². The maximum atomic E-state index is 13.5. The van der Waals surface area contributed by atoms with E-state index in [9.17, 15) is 4.79 Å². The van der Waals surface area contributed by atoms with Crippen molar-refractivity contribution < 1.29 is 18.7 Å². The number of amides is 1. The summed E-state index contributed by atoms with van der Waals surface area (Å²) in [5, 5.41) is 1.21. The Balaban J connectivity index is 1.60. The first-order valence-corrected chi connectivity index (χ1v) is 10.8. The first-order valence-electron chi connectivity index (χ1n) is 10.8. The Labute approximate surface area is 186 Å². The van der Waals surface area contributed by atoms with Gasteiger partial charge in [0.15, 0.2) is 11.5 Å². The van der Waals surface area contributed by atoms with Gasteiger partial charge in [0.25, 0.3) is 0 Å². The highest BCUT2D eigenvalue weighted by molar-refractivity contribution is 5.87. The van der Waals surface area contributed by atoms with E-state index in [0.717, 1.165) is 29.0 Å². The molecule has 0 aliphatic carbocycles. The highest BCUT2D eigenvalue weighted by atomic mass is 16.5. The molecule has 1 N–H and O–H groups in total. The van der Waals surface area contributed by atoms with Crippen molar-refractivity contribution in [2.45, 2.75) is 25.3 Å². The third-order valence-electron chi connectivity index (χ3n) is 6.25. The fourth-order valence-electron chi connectivity index (χ4n) is 4.79. The third kappa shape index (κ3) is 3.42. The molecular weight excluding hydrogens is 404 g/mol. The molecule has 0 spiro atoms. The van der Waals surface area contributed by atoms with Crippen LogP contribution in [0.3, 0.4) is 0 Å². The van der Waals surface area contributed by atoms with Crippen molar-refractivity contribution in [2.24, 2.45) is 0 Å². The molecule has 0 saturated carbocycles. The topological polar surface area (TPSA) is 67.7 Å². The summed E-state index contributed by atoms with van der Waals surface area (Å²) >= 11 is 0. The van der Waals surface area contributed by atoms with Crippen LogP contribution in [0.25, 0.3) is 10.9 Å². The Bertz CT molecular complexity index is 1240. The van der Waals surface area contributed by atoms with Gasteiger partial charge in [-0.25, -0.2) is 0 Å². The van der Waals surface area contributed by atoms with E-state index in [2.05, 4.69) is 23.2 Å². The number of hydrogen-bond donors (Lipinski definition) is 1. The van der Waals surface area contributed by atoms with Gasteiger partial charge in [-0.2, -0.15) is 0 Å². The van der Waals surface area contributed by atoms with E-state index < -0.39 is 0 Å². The van der Waals surface area contributed by atoms with E-state index in [1.165, 1.54) is 10.9 Å². The van der Waals surface area contributed by atoms with Crippen LogP contribution in [-0.4, -0.2) is 36.6 Å². The van der Waals surface area contributed by atoms with E-state index in [1.807, 2.05) is 41.3 Å². The maximum absolute atomic E-state index is 13.5. The molecule has 0 bridgehead atoms. The molecule has 1 amide bonds. The van der Waals surface area contributed by atoms with Crippen molar-refractivity contribution >= 4 is 16.8 Å². The number of rotatable bonds is 6. The molecule has 1 aliphatic heterocycles. The lowest BCUT2D eigenvalue weighted by atomic mass is 9.91. The zero-order valence-electron chi connectivity index (χ0n) is 18.3. The molecule has 1 aliphatic rings. The van der Waals surface area contributed by atoms with Gasteiger partial charge in [0.05, 0.1) is 20.5 Å². The molecule has 2 aromatic carbocycles. The predicted octanol–water partition coefficient (Wildman–Crippen LogP) is 4.89. The number of para-hydroxylation sites is 2. The number of ether oxygens (including phenoxy) is 2. The largest absolute Gasteiger partial charge is 0.493 e. The normalized spacial score (nSPS) is 15.6. The molecular formula is C26H26N2O4. The second kappa shape index (κ2) is 8.46. The van der Waals surface area contributed by atoms with Crippen molar-refractivity contribution in [3.8, 4) is 11.5 Å². The van der Waals surface area contributed by atoms with E-state index in [1.54, 1.807) is 20.5 Å². The molecule has 0 fully saturated rings. The van der Waals surface area contributed by atoms with Crippen LogP contribution in [0.2, 0.25) is 0 Å². The fraction of sp³-hybridized carbons (Fsp3) is 0.269. The predicted molar refractivity (Wildman–Crippen MR) is 122 cm³/mol. The van der Waals surface area contributed by atoms with Gasteiger partial charge < -0.3 is 23.8 Å². The molecule has 1 atom stereocenters. The average Bonchev–Trinajstić information content (AvgIpc) is 3.49. The van der Waals surface area contributed by atoms with Crippen molar-refractivity contribution in [3.05, 3.63) is 83.4 Å². The van der Waals surface area contributed by atoms with E-state index in [0.29, 0.717) is 30.9 Å². The zero-order valence-corrected chi connectivity index (χ0v) is 18.3. The number of carbonyl (C=O) groups excluding carboxylic acids is 1. The summed E-state index contributed by atoms with van der Waals surface area (Å²) in [6.45, 7) is 0.636. The van der Waals surface area contributed by atoms with Gasteiger partial charge in [-0.15, -0.1) is 0 Å². The van der Waals surface area contributed by atoms with Gasteiger partial charge in [-0.3, -0.25) is 4.79 Å². The van der Waals surface area contributed by atoms with Crippen LogP contribution >= 0.6 is 0 Å². The molecule has 3 heterocycles. The number of carbonyl (C=O) groups is 1. The van der Waals surface area contributed by atoms with E-state index in [4.69, 9.17) is 13.9 Å². The number of nitrogens with one attached hydrogen (secondary N) is 1. The van der Waals surface area contributed by atoms with Crippen molar-refractivity contribution in [2.75, 3.05) is 20.8 Å². The lowest BCUT2D eigenvalue weighted by Crippen LogP contribution is -2.40. The Morgan fingerprint density at radius 2 is 1.97 bits per heavy atom. The first kappa shape index (κ1) is 20.2. The Hall–Kier alpha value is -3.67. The maximum Gasteiger partial charge on any atom is 0.223 e. The fourth-order valence-corrected chi connectivity index (χ4v) is 4.79. The number of nitrogens with zero attached hydrogens (tertiary/aromatic N) is 1. The Kier molecular flexibility index (Phi) is 5.35. The summed E-state index contributed by atoms with van der Waals surface area (Å²) in [6.07, 6.45) is 3.39. The summed E-state index contributed by atoms with van der Waals surface area (Å²) in [7, 11) is 3.27. The second-order valence-corrected chi connectivity index (χ2v) is 7.96. The summed E-state index contributed by atoms with van der Waals surface area (Å²) in [6, 6.07) is 17.6. The lowest BCUT2D eigenvalue weighted by Gasteiger charge is -2.37. The number of H-pyrrole nitrogens is 1. The van der Waals surface area contributed by atoms with E-state index in [-0.39, 0.29) is 11.9 Å². The second-order valence-electron chi connectivity index (χ2n) is 7.96. The number of hydrogen-bond acceptors (Lipinski definition) is 4. The molecule has 6 nitrogen and oxygen atoms in total. The van der Waals surface area contributed by atoms with Crippen molar-refractivity contribution in [3.63, 3.8) is 0 Å². The van der Waals surface area contributed by atoms with Crippen LogP contribution in [0.4, 0.5) is 0 Å². The van der Waals surface area contributed by atoms with Crippen LogP contribution in [0.1, 0.15) is 35.0 Å². The SMILES string of the molecule is COc1cccc([C@@H]2c3[nH]c4ccccc4c3CCN2C(=O)CCc2ccco2)c1OC. The van der Waals surface area contributed by atoms with Crippen LogP contribution in [0.5, 0.6) is 11.5 Å². The molecule has 32 heavy (non-hydrogen) atoms. The van der Waals surface area contributed by atoms with Crippen molar-refractivity contribution in [1.82, 2.24) is 9.88 Å². The van der Waals surface area contributed by atoms with Crippen LogP contribution < -0.4 is 9.47 Å². The zero-order chi connectivity index (χ0) is 22.1. The minimum Gasteiger partial charge on any atom is -0.493 e. The number of aromatic amines is 1. The quantitative estimate of drug-likeness (QED) is 0.473. The minimum absolute atomic E-state index is 0.0839. The molecule has 0 unspecified atom stereocenters. The van der Waals surface area contributed by atoms with Gasteiger partial charge in [-0.1, -0.05) is 30.3 Å². The Morgan fingerprint density at radius 3 is 2.75 bits per heavy atom. The van der Waals surface area contributed by atoms with Crippen molar-refractivity contribution in [1.29, 1.82) is 0 Å². The Morgan fingerprint density at radius 1 is 1.09 bits per heavy atom. The number of benzene rings is 2. The van der Waals surface area contributed by atoms with Gasteiger partial charge in [0.1, 0.15) is 11.8 Å². The average molecular weight is 431 g/mol. The molecule has 2 aromatic heterocycles. The first-order chi connectivity index (χ1) is 15.7. The van der Waals surface area contributed by atoms with Gasteiger partial charge >= 0.3 is 0 Å². The third-order valence-corrected chi connectivity index (χ3v) is 6.25. The van der Waals surface area contributed by atoms with Crippen LogP contribution in [0.15, 0.2) is 65.3 Å². The highest BCUT2D eigenvalue weighted by Crippen LogP contribution is 2.44. The lowest BCUT2D eigenvalue weighted by molar-refractivity contribution is -0.133. The standard InChI is InChI=1S/C26H26N2O4/c1-30-22-11-5-9-20(26(22)31-2)25-24-19(18-8-3-4-10-21(18)27-24)14-15-28(25)23(29)13-12-17-7-6-16-32-17/h3-11,16,25,27H,12-15H2,1-2H3/t25-/m1/s1. The molecule has 4 aromatic rings. The van der Waals surface area contributed by atoms with Gasteiger partial charge in [-0.05, 0) is 36.2 Å². The summed E-state index contributed by atoms with van der Waals surface area (Å²) in [5.74, 6) is 2.20. The molecule has 164 valence electrons. The smallest absolute Gasteiger partial charge is 0.223 e. The van der Waals surface area contributed by atoms with Crippen LogP contribution in [-0.2, 0) is 17.6 Å². The minimum atomic E-state index is -0.291. The number of fused-ring (bicyclic) bond motifs is 3. The summed E-state index contributed by atoms with van der Waals surface area (Å²) < 4.78 is 16.8. The number of aromatic nitrogens is 1. The molecule has 5 rings (SSSR count). The molecule has 6 heteroatoms. The van der Waals surface area contributed by atoms with E-state index >= 15 is 0 Å². The summed E-state index contributed by atoms with van der Waals surface area (Å²) in [5.41, 5.74) is 4.28. The van der Waals surface area contributed by atoms with Gasteiger partial charge in [0.2, 0.25) is 5.91 Å². The summed E-state index contributed by atoms with van der Waals surface area (Å²) in [4.78, 5) is 19.0. The highest BCUT2D eigenvalue weighted by Gasteiger charge is 2.36. The number of methoxy groups -OCH3 is 2.